The Hall–Kier alpha value is -1.88. The number of ketones is 1. The summed E-state index contributed by atoms with van der Waals surface area (Å²) in [4.78, 5) is 25.6. The van der Waals surface area contributed by atoms with Crippen LogP contribution in [-0.4, -0.2) is 48.9 Å². The maximum absolute atomic E-state index is 12.1. The van der Waals surface area contributed by atoms with Gasteiger partial charge in [-0.1, -0.05) is 6.92 Å². The number of carbonyl (C=O) groups excluding carboxylic acids is 2. The Kier molecular flexibility index (Phi) is 7.25. The fraction of sp³-hybridized carbons (Fsp3) is 0.579. The second-order valence-corrected chi connectivity index (χ2v) is 6.30. The number of ether oxygens (including phenoxy) is 1. The van der Waals surface area contributed by atoms with Crippen molar-refractivity contribution in [1.82, 2.24) is 10.2 Å². The summed E-state index contributed by atoms with van der Waals surface area (Å²) in [7, 11) is 0. The van der Waals surface area contributed by atoms with Crippen molar-refractivity contribution in [3.05, 3.63) is 29.8 Å². The molecule has 1 fully saturated rings. The summed E-state index contributed by atoms with van der Waals surface area (Å²) in [5.41, 5.74) is 0.723. The van der Waals surface area contributed by atoms with E-state index in [-0.39, 0.29) is 11.7 Å². The maximum Gasteiger partial charge on any atom is 0.222 e. The first kappa shape index (κ1) is 18.5. The summed E-state index contributed by atoms with van der Waals surface area (Å²) in [6.45, 7) is 7.04. The number of carbonyl (C=O) groups is 2. The van der Waals surface area contributed by atoms with Crippen LogP contribution in [-0.2, 0) is 4.79 Å². The summed E-state index contributed by atoms with van der Waals surface area (Å²) in [5.74, 6) is 1.15. The van der Waals surface area contributed by atoms with Crippen LogP contribution in [0.15, 0.2) is 24.3 Å². The molecule has 1 heterocycles. The van der Waals surface area contributed by atoms with Gasteiger partial charge in [0.1, 0.15) is 5.75 Å². The Balaban J connectivity index is 1.62. The van der Waals surface area contributed by atoms with Crippen molar-refractivity contribution in [2.45, 2.75) is 45.6 Å². The molecule has 0 saturated carbocycles. The Morgan fingerprint density at radius 2 is 2.00 bits per heavy atom. The van der Waals surface area contributed by atoms with E-state index >= 15 is 0 Å². The van der Waals surface area contributed by atoms with Gasteiger partial charge in [0.2, 0.25) is 5.91 Å². The quantitative estimate of drug-likeness (QED) is 0.587. The molecule has 1 amide bonds. The monoisotopic (exact) mass is 332 g/mol. The molecule has 1 atom stereocenters. The Bertz CT molecular complexity index is 542. The molecule has 0 radical (unpaired) electrons. The molecule has 0 spiro atoms. The van der Waals surface area contributed by atoms with Gasteiger partial charge in [0.25, 0.3) is 0 Å². The van der Waals surface area contributed by atoms with E-state index in [9.17, 15) is 9.59 Å². The summed E-state index contributed by atoms with van der Waals surface area (Å²) in [6, 6.07) is 7.65. The molecule has 132 valence electrons. The lowest BCUT2D eigenvalue weighted by molar-refractivity contribution is -0.132. The van der Waals surface area contributed by atoms with E-state index in [0.29, 0.717) is 25.5 Å². The number of nitrogens with zero attached hydrogens (tertiary/aromatic N) is 1. The van der Waals surface area contributed by atoms with Crippen LogP contribution in [0.3, 0.4) is 0 Å². The van der Waals surface area contributed by atoms with Crippen LogP contribution in [0.4, 0.5) is 0 Å². The smallest absolute Gasteiger partial charge is 0.222 e. The van der Waals surface area contributed by atoms with Crippen molar-refractivity contribution in [2.75, 3.05) is 26.2 Å². The molecular weight excluding hydrogens is 304 g/mol. The first-order valence-corrected chi connectivity index (χ1v) is 8.87. The van der Waals surface area contributed by atoms with Gasteiger partial charge in [0, 0.05) is 44.1 Å². The second-order valence-electron chi connectivity index (χ2n) is 6.30. The third-order valence-corrected chi connectivity index (χ3v) is 4.27. The summed E-state index contributed by atoms with van der Waals surface area (Å²) >= 11 is 0. The van der Waals surface area contributed by atoms with Gasteiger partial charge in [-0.2, -0.15) is 0 Å². The number of unbranched alkanes of at least 4 members (excludes halogenated alkanes) is 1. The first-order chi connectivity index (χ1) is 11.6. The third kappa shape index (κ3) is 5.64. The minimum absolute atomic E-state index is 0.141. The van der Waals surface area contributed by atoms with Crippen molar-refractivity contribution < 1.29 is 14.3 Å². The molecule has 0 unspecified atom stereocenters. The predicted molar refractivity (Wildman–Crippen MR) is 94.5 cm³/mol. The third-order valence-electron chi connectivity index (χ3n) is 4.27. The lowest BCUT2D eigenvalue weighted by Gasteiger charge is -2.32. The highest BCUT2D eigenvalue weighted by Crippen LogP contribution is 2.14. The van der Waals surface area contributed by atoms with E-state index in [4.69, 9.17) is 4.74 Å². The van der Waals surface area contributed by atoms with E-state index in [2.05, 4.69) is 12.2 Å². The molecule has 0 aliphatic carbocycles. The van der Waals surface area contributed by atoms with Crippen molar-refractivity contribution in [3.8, 4) is 5.75 Å². The van der Waals surface area contributed by atoms with Crippen LogP contribution in [0.2, 0.25) is 0 Å². The molecule has 24 heavy (non-hydrogen) atoms. The molecule has 1 aromatic carbocycles. The zero-order valence-corrected chi connectivity index (χ0v) is 14.7. The lowest BCUT2D eigenvalue weighted by atomic mass is 10.1. The topological polar surface area (TPSA) is 58.6 Å². The summed E-state index contributed by atoms with van der Waals surface area (Å²) < 4.78 is 5.67. The Labute approximate surface area is 144 Å². The van der Waals surface area contributed by atoms with Crippen molar-refractivity contribution in [1.29, 1.82) is 0 Å². The van der Waals surface area contributed by atoms with Gasteiger partial charge in [-0.05, 0) is 44.0 Å². The SMILES string of the molecule is CCC(=O)c1ccc(OCCCCC(=O)N2CCN[C@H](C)C2)cc1. The van der Waals surface area contributed by atoms with Crippen LogP contribution >= 0.6 is 0 Å². The number of rotatable bonds is 8. The van der Waals surface area contributed by atoms with Gasteiger partial charge in [0.15, 0.2) is 5.78 Å². The number of Topliss-reactive ketones (excluding diaryl/α,β-unsaturated/α-hetero) is 1. The van der Waals surface area contributed by atoms with Crippen molar-refractivity contribution in [3.63, 3.8) is 0 Å². The standard InChI is InChI=1S/C19H28N2O3/c1-3-18(22)16-7-9-17(10-8-16)24-13-5-4-6-19(23)21-12-11-20-15(2)14-21/h7-10,15,20H,3-6,11-14H2,1-2H3/t15-/m1/s1. The number of benzene rings is 1. The number of nitrogens with one attached hydrogen (secondary N) is 1. The molecule has 1 aliphatic rings. The molecule has 1 aromatic rings. The van der Waals surface area contributed by atoms with Gasteiger partial charge >= 0.3 is 0 Å². The molecule has 2 rings (SSSR count). The molecule has 5 heteroatoms. The number of hydrogen-bond donors (Lipinski definition) is 1. The maximum atomic E-state index is 12.1. The van der Waals surface area contributed by atoms with Crippen LogP contribution < -0.4 is 10.1 Å². The average Bonchev–Trinajstić information content (AvgIpc) is 2.61. The number of hydrogen-bond acceptors (Lipinski definition) is 4. The molecule has 5 nitrogen and oxygen atoms in total. The minimum atomic E-state index is 0.141. The highest BCUT2D eigenvalue weighted by Gasteiger charge is 2.19. The largest absolute Gasteiger partial charge is 0.494 e. The van der Waals surface area contributed by atoms with Gasteiger partial charge in [-0.25, -0.2) is 0 Å². The van der Waals surface area contributed by atoms with Crippen molar-refractivity contribution >= 4 is 11.7 Å². The van der Waals surface area contributed by atoms with E-state index in [1.54, 1.807) is 12.1 Å². The zero-order chi connectivity index (χ0) is 17.4. The lowest BCUT2D eigenvalue weighted by Crippen LogP contribution is -2.51. The molecule has 1 aliphatic heterocycles. The Morgan fingerprint density at radius 3 is 2.67 bits per heavy atom. The summed E-state index contributed by atoms with van der Waals surface area (Å²) in [6.07, 6.45) is 2.78. The van der Waals surface area contributed by atoms with E-state index in [1.165, 1.54) is 0 Å². The molecule has 1 N–H and O–H groups in total. The van der Waals surface area contributed by atoms with Gasteiger partial charge in [0.05, 0.1) is 6.61 Å². The second kappa shape index (κ2) is 9.42. The fourth-order valence-corrected chi connectivity index (χ4v) is 2.83. The zero-order valence-electron chi connectivity index (χ0n) is 14.7. The average molecular weight is 332 g/mol. The van der Waals surface area contributed by atoms with E-state index < -0.39 is 0 Å². The predicted octanol–water partition coefficient (Wildman–Crippen LogP) is 2.65. The van der Waals surface area contributed by atoms with E-state index in [1.807, 2.05) is 24.0 Å². The Morgan fingerprint density at radius 1 is 1.25 bits per heavy atom. The van der Waals surface area contributed by atoms with Crippen LogP contribution in [0.25, 0.3) is 0 Å². The first-order valence-electron chi connectivity index (χ1n) is 8.87. The molecule has 1 saturated heterocycles. The van der Waals surface area contributed by atoms with Crippen LogP contribution in [0.5, 0.6) is 5.75 Å². The van der Waals surface area contributed by atoms with Crippen LogP contribution in [0, 0.1) is 0 Å². The fourth-order valence-electron chi connectivity index (χ4n) is 2.83. The normalized spacial score (nSPS) is 17.6. The molecule has 0 bridgehead atoms. The van der Waals surface area contributed by atoms with E-state index in [0.717, 1.165) is 43.8 Å². The van der Waals surface area contributed by atoms with Gasteiger partial charge < -0.3 is 15.0 Å². The van der Waals surface area contributed by atoms with Crippen molar-refractivity contribution in [2.24, 2.45) is 0 Å². The minimum Gasteiger partial charge on any atom is -0.494 e. The summed E-state index contributed by atoms with van der Waals surface area (Å²) in [5, 5.41) is 3.34. The van der Waals surface area contributed by atoms with Crippen LogP contribution in [0.1, 0.15) is 49.9 Å². The number of amides is 1. The molecular formula is C19H28N2O3. The van der Waals surface area contributed by atoms with Gasteiger partial charge in [-0.3, -0.25) is 9.59 Å². The van der Waals surface area contributed by atoms with Gasteiger partial charge in [-0.15, -0.1) is 0 Å². The number of piperazine rings is 1. The molecule has 0 aromatic heterocycles. The highest BCUT2D eigenvalue weighted by atomic mass is 16.5. The highest BCUT2D eigenvalue weighted by molar-refractivity contribution is 5.95.